The minimum absolute atomic E-state index is 0.0636. The molecule has 2 aromatic heterocycles. The summed E-state index contributed by atoms with van der Waals surface area (Å²) in [5.74, 6) is 0.765. The van der Waals surface area contributed by atoms with Gasteiger partial charge in [0.25, 0.3) is 0 Å². The molecule has 0 radical (unpaired) electrons. The van der Waals surface area contributed by atoms with Gasteiger partial charge in [0.15, 0.2) is 10.3 Å². The van der Waals surface area contributed by atoms with Crippen LogP contribution in [0.15, 0.2) is 118 Å². The molecule has 0 atom stereocenters. The van der Waals surface area contributed by atoms with Gasteiger partial charge in [0.2, 0.25) is 20.0 Å². The number of aromatic nitrogens is 2. The molecule has 59 heavy (non-hydrogen) atoms. The fourth-order valence-corrected chi connectivity index (χ4v) is 11.7. The molecule has 2 aliphatic rings. The first-order chi connectivity index (χ1) is 28.5. The summed E-state index contributed by atoms with van der Waals surface area (Å²) in [4.78, 5) is 13.8. The van der Waals surface area contributed by atoms with Crippen LogP contribution in [0.3, 0.4) is 0 Å². The minimum atomic E-state index is -3.71. The highest BCUT2D eigenvalue weighted by Gasteiger charge is 2.32. The van der Waals surface area contributed by atoms with Crippen molar-refractivity contribution in [2.24, 2.45) is 0 Å². The zero-order valence-electron chi connectivity index (χ0n) is 32.3. The number of sulfonamides is 2. The molecule has 8 rings (SSSR count). The van der Waals surface area contributed by atoms with Crippen molar-refractivity contribution in [2.45, 2.75) is 16.7 Å². The van der Waals surface area contributed by atoms with E-state index in [0.29, 0.717) is 52.4 Å². The van der Waals surface area contributed by atoms with Crippen LogP contribution in [0.25, 0.3) is 22.5 Å². The lowest BCUT2D eigenvalue weighted by atomic mass is 10.1. The molecule has 0 unspecified atom stereocenters. The molecule has 302 valence electrons. The van der Waals surface area contributed by atoms with Crippen molar-refractivity contribution in [2.75, 3.05) is 69.3 Å². The molecule has 0 amide bonds. The van der Waals surface area contributed by atoms with Gasteiger partial charge >= 0.3 is 0 Å². The van der Waals surface area contributed by atoms with Gasteiger partial charge in [0.05, 0.1) is 39.4 Å². The molecule has 0 N–H and O–H groups in total. The molecule has 17 heteroatoms. The molecule has 4 aromatic carbocycles. The lowest BCUT2D eigenvalue weighted by Gasteiger charge is -2.33. The molecule has 2 saturated heterocycles. The predicted octanol–water partition coefficient (Wildman–Crippen LogP) is 6.70. The smallest absolute Gasteiger partial charge is 0.244 e. The SMILES string of the molecule is COc1ccccc1-c1csc(N2CCN(S(=O)(=O)c3ccccc3C#N)CC2)n1.Cc1cccc(-c2csc(N3CCN(S(=O)(=O)c4ccccc4C#N)CC3)n2)c1. The number of thiazole rings is 2. The molecule has 0 spiro atoms. The number of rotatable bonds is 9. The molecular formula is C42H40N8O5S4. The fraction of sp³-hybridized carbons (Fsp3) is 0.238. The molecule has 0 bridgehead atoms. The monoisotopic (exact) mass is 864 g/mol. The molecule has 0 aliphatic carbocycles. The summed E-state index contributed by atoms with van der Waals surface area (Å²) in [7, 11) is -5.76. The van der Waals surface area contributed by atoms with Crippen molar-refractivity contribution in [1.29, 1.82) is 10.5 Å². The Morgan fingerprint density at radius 1 is 0.610 bits per heavy atom. The summed E-state index contributed by atoms with van der Waals surface area (Å²) < 4.78 is 60.3. The number of nitriles is 2. The third-order valence-corrected chi connectivity index (χ3v) is 15.7. The highest BCUT2D eigenvalue weighted by molar-refractivity contribution is 7.89. The van der Waals surface area contributed by atoms with E-state index in [1.165, 1.54) is 49.8 Å². The van der Waals surface area contributed by atoms with Gasteiger partial charge in [-0.25, -0.2) is 26.8 Å². The van der Waals surface area contributed by atoms with E-state index in [9.17, 15) is 27.4 Å². The van der Waals surface area contributed by atoms with E-state index in [2.05, 4.69) is 28.9 Å². The topological polar surface area (TPSA) is 164 Å². The molecule has 0 saturated carbocycles. The van der Waals surface area contributed by atoms with Gasteiger partial charge in [0.1, 0.15) is 17.9 Å². The Kier molecular flexibility index (Phi) is 12.7. The van der Waals surface area contributed by atoms with E-state index in [-0.39, 0.29) is 20.9 Å². The summed E-state index contributed by atoms with van der Waals surface area (Å²) in [6, 6.07) is 32.6. The Balaban J connectivity index is 0.000000179. The van der Waals surface area contributed by atoms with Gasteiger partial charge in [-0.1, -0.05) is 60.2 Å². The van der Waals surface area contributed by atoms with Crippen molar-refractivity contribution in [3.63, 3.8) is 0 Å². The van der Waals surface area contributed by atoms with E-state index in [1.54, 1.807) is 42.7 Å². The molecule has 6 aromatic rings. The van der Waals surface area contributed by atoms with E-state index >= 15 is 0 Å². The average molecular weight is 865 g/mol. The number of benzene rings is 4. The second-order valence-corrected chi connectivity index (χ2v) is 19.1. The number of methoxy groups -OCH3 is 1. The predicted molar refractivity (Wildman–Crippen MR) is 231 cm³/mol. The average Bonchev–Trinajstić information content (AvgIpc) is 3.98. The molecule has 2 aliphatic heterocycles. The van der Waals surface area contributed by atoms with E-state index in [0.717, 1.165) is 38.5 Å². The lowest BCUT2D eigenvalue weighted by molar-refractivity contribution is 0.384. The Hall–Kier alpha value is -5.66. The summed E-state index contributed by atoms with van der Waals surface area (Å²) in [5.41, 5.74) is 5.32. The van der Waals surface area contributed by atoms with Crippen molar-refractivity contribution in [3.8, 4) is 40.4 Å². The molecular weight excluding hydrogens is 825 g/mol. The number of piperazine rings is 2. The summed E-state index contributed by atoms with van der Waals surface area (Å²) >= 11 is 3.10. The maximum atomic E-state index is 13.0. The normalized spacial score (nSPS) is 15.1. The summed E-state index contributed by atoms with van der Waals surface area (Å²) in [6.45, 7) is 5.66. The Labute approximate surface area is 352 Å². The van der Waals surface area contributed by atoms with Crippen LogP contribution in [0, 0.1) is 29.6 Å². The van der Waals surface area contributed by atoms with Crippen LogP contribution in [0.5, 0.6) is 5.75 Å². The van der Waals surface area contributed by atoms with Gasteiger partial charge in [-0.05, 0) is 49.4 Å². The number of hydrogen-bond acceptors (Lipinski definition) is 13. The van der Waals surface area contributed by atoms with Gasteiger partial charge < -0.3 is 14.5 Å². The Bertz CT molecular complexity index is 2740. The van der Waals surface area contributed by atoms with Crippen molar-refractivity contribution in [1.82, 2.24) is 18.6 Å². The standard InChI is InChI=1S/C21H20N4O3S2.C21H20N4O2S2/c1-28-19-8-4-3-7-17(19)18-15-29-21(23-18)24-10-12-25(13-11-24)30(26,27)20-9-5-2-6-16(20)14-22;1-16-5-4-7-17(13-16)19-15-28-21(23-19)24-9-11-25(12-10-24)29(26,27)20-8-3-2-6-18(20)14-22/h2-9,15H,10-13H2,1H3;2-8,13,15H,9-12H2,1H3. The quantitative estimate of drug-likeness (QED) is 0.152. The zero-order chi connectivity index (χ0) is 41.6. The maximum Gasteiger partial charge on any atom is 0.244 e. The van der Waals surface area contributed by atoms with Crippen LogP contribution < -0.4 is 14.5 Å². The van der Waals surface area contributed by atoms with Crippen LogP contribution in [0.2, 0.25) is 0 Å². The van der Waals surface area contributed by atoms with Gasteiger partial charge in [0, 0.05) is 74.2 Å². The lowest BCUT2D eigenvalue weighted by Crippen LogP contribution is -2.48. The van der Waals surface area contributed by atoms with Crippen LogP contribution in [-0.4, -0.2) is 94.9 Å². The first-order valence-electron chi connectivity index (χ1n) is 18.6. The summed E-state index contributed by atoms with van der Waals surface area (Å²) in [5, 5.41) is 24.3. The van der Waals surface area contributed by atoms with E-state index in [1.807, 2.05) is 59.3 Å². The highest BCUT2D eigenvalue weighted by atomic mass is 32.2. The molecule has 4 heterocycles. The number of aryl methyl sites for hydroxylation is 1. The number of ether oxygens (including phenoxy) is 1. The largest absolute Gasteiger partial charge is 0.496 e. The zero-order valence-corrected chi connectivity index (χ0v) is 35.6. The van der Waals surface area contributed by atoms with Crippen molar-refractivity contribution in [3.05, 3.63) is 125 Å². The minimum Gasteiger partial charge on any atom is -0.496 e. The third-order valence-electron chi connectivity index (χ3n) is 9.95. The molecule has 13 nitrogen and oxygen atoms in total. The van der Waals surface area contributed by atoms with Crippen LogP contribution >= 0.6 is 22.7 Å². The fourth-order valence-electron chi connectivity index (χ4n) is 6.82. The Morgan fingerprint density at radius 2 is 1.08 bits per heavy atom. The number of para-hydroxylation sites is 1. The van der Waals surface area contributed by atoms with Crippen molar-refractivity contribution >= 4 is 53.0 Å². The van der Waals surface area contributed by atoms with Crippen molar-refractivity contribution < 1.29 is 21.6 Å². The highest BCUT2D eigenvalue weighted by Crippen LogP contribution is 2.34. The second-order valence-electron chi connectivity index (χ2n) is 13.6. The van der Waals surface area contributed by atoms with Gasteiger partial charge in [-0.2, -0.15) is 19.1 Å². The van der Waals surface area contributed by atoms with Crippen LogP contribution in [0.1, 0.15) is 16.7 Å². The first-order valence-corrected chi connectivity index (χ1v) is 23.3. The van der Waals surface area contributed by atoms with E-state index in [4.69, 9.17) is 14.7 Å². The summed E-state index contributed by atoms with van der Waals surface area (Å²) in [6.07, 6.45) is 0. The molecule has 2 fully saturated rings. The van der Waals surface area contributed by atoms with Crippen LogP contribution in [0.4, 0.5) is 10.3 Å². The van der Waals surface area contributed by atoms with E-state index < -0.39 is 20.0 Å². The number of anilines is 2. The third kappa shape index (κ3) is 9.01. The first kappa shape index (κ1) is 41.5. The number of nitrogens with zero attached hydrogens (tertiary/aromatic N) is 8. The Morgan fingerprint density at radius 3 is 1.59 bits per heavy atom. The number of hydrogen-bond donors (Lipinski definition) is 0. The van der Waals surface area contributed by atoms with Gasteiger partial charge in [-0.3, -0.25) is 0 Å². The second kappa shape index (κ2) is 18.1. The maximum absolute atomic E-state index is 13.0. The van der Waals surface area contributed by atoms with Gasteiger partial charge in [-0.15, -0.1) is 22.7 Å². The van der Waals surface area contributed by atoms with Crippen LogP contribution in [-0.2, 0) is 20.0 Å².